The molecule has 8 nitrogen and oxygen atoms in total. The molecule has 39 heavy (non-hydrogen) atoms. The van der Waals surface area contributed by atoms with Gasteiger partial charge in [-0.25, -0.2) is 4.79 Å². The number of nitrogens with zero attached hydrogens (tertiary/aromatic N) is 2. The van der Waals surface area contributed by atoms with Gasteiger partial charge >= 0.3 is 6.09 Å². The van der Waals surface area contributed by atoms with Gasteiger partial charge in [0.2, 0.25) is 5.91 Å². The fourth-order valence-corrected chi connectivity index (χ4v) is 4.44. The zero-order chi connectivity index (χ0) is 27.9. The van der Waals surface area contributed by atoms with Crippen LogP contribution in [0.1, 0.15) is 43.9 Å². The molecule has 1 aromatic heterocycles. The summed E-state index contributed by atoms with van der Waals surface area (Å²) in [4.78, 5) is 24.8. The summed E-state index contributed by atoms with van der Waals surface area (Å²) in [5.41, 5.74) is 2.24. The molecule has 2 amide bonds. The number of carbonyl (C=O) groups excluding carboxylic acids is 2. The Morgan fingerprint density at radius 3 is 1.77 bits per heavy atom. The molecule has 1 heterocycles. The molecule has 0 radical (unpaired) electrons. The molecule has 202 valence electrons. The average Bonchev–Trinajstić information content (AvgIpc) is 3.25. The van der Waals surface area contributed by atoms with Crippen LogP contribution in [0.5, 0.6) is 0 Å². The van der Waals surface area contributed by atoms with Crippen molar-refractivity contribution in [3.05, 3.63) is 114 Å². The Kier molecular flexibility index (Phi) is 8.34. The predicted octanol–water partition coefficient (Wildman–Crippen LogP) is 5.68. The fraction of sp³-hybridized carbons (Fsp3) is 0.258. The first kappa shape index (κ1) is 27.4. The Hall–Kier alpha value is -4.59. The van der Waals surface area contributed by atoms with Gasteiger partial charge in [0.25, 0.3) is 0 Å². The number of aromatic nitrogens is 2. The van der Waals surface area contributed by atoms with Crippen molar-refractivity contribution in [3.63, 3.8) is 0 Å². The zero-order valence-electron chi connectivity index (χ0n) is 22.8. The van der Waals surface area contributed by atoms with E-state index >= 15 is 0 Å². The molecular weight excluding hydrogens is 490 g/mol. The Balaban J connectivity index is 1.65. The zero-order valence-corrected chi connectivity index (χ0v) is 22.8. The topological polar surface area (TPSA) is 97.3 Å². The quantitative estimate of drug-likeness (QED) is 0.244. The second-order valence-electron chi connectivity index (χ2n) is 10.2. The van der Waals surface area contributed by atoms with E-state index in [9.17, 15) is 9.59 Å². The van der Waals surface area contributed by atoms with Gasteiger partial charge in [0.1, 0.15) is 22.6 Å². The SMILES string of the molecule is Cn1ncc(NC(=O)CCNC(=O)OC(C)(C)C)c1NC(c1ccccc1)(c1ccccc1)c1ccccc1. The number of nitrogens with one attached hydrogen (secondary N) is 3. The summed E-state index contributed by atoms with van der Waals surface area (Å²) in [6, 6.07) is 30.6. The highest BCUT2D eigenvalue weighted by molar-refractivity contribution is 5.94. The third-order valence-electron chi connectivity index (χ3n) is 6.16. The van der Waals surface area contributed by atoms with E-state index in [-0.39, 0.29) is 18.9 Å². The van der Waals surface area contributed by atoms with Gasteiger partial charge in [-0.2, -0.15) is 5.10 Å². The van der Waals surface area contributed by atoms with Crippen LogP contribution in [0.25, 0.3) is 0 Å². The lowest BCUT2D eigenvalue weighted by Crippen LogP contribution is -2.39. The molecule has 0 aliphatic rings. The summed E-state index contributed by atoms with van der Waals surface area (Å²) in [5, 5.41) is 13.8. The fourth-order valence-electron chi connectivity index (χ4n) is 4.44. The van der Waals surface area contributed by atoms with Gasteiger partial charge in [-0.15, -0.1) is 0 Å². The van der Waals surface area contributed by atoms with Crippen molar-refractivity contribution in [2.75, 3.05) is 17.2 Å². The van der Waals surface area contributed by atoms with Crippen LogP contribution in [-0.4, -0.2) is 33.9 Å². The van der Waals surface area contributed by atoms with Crippen molar-refractivity contribution in [2.24, 2.45) is 7.05 Å². The van der Waals surface area contributed by atoms with Crippen LogP contribution in [0.4, 0.5) is 16.3 Å². The molecule has 0 bridgehead atoms. The molecule has 8 heteroatoms. The number of ether oxygens (including phenoxy) is 1. The standard InChI is InChI=1S/C31H35N5O3/c1-30(2,3)39-29(38)32-21-20-27(37)34-26-22-33-36(4)28(26)35-31(23-14-8-5-9-15-23,24-16-10-6-11-17-24)25-18-12-7-13-19-25/h5-19,22,35H,20-21H2,1-4H3,(H,32,38)(H,34,37). The molecule has 4 rings (SSSR count). The molecule has 0 atom stereocenters. The number of aryl methyl sites for hydroxylation is 1. The van der Waals surface area contributed by atoms with E-state index < -0.39 is 17.2 Å². The maximum atomic E-state index is 12.8. The number of hydrogen-bond donors (Lipinski definition) is 3. The first-order valence-electron chi connectivity index (χ1n) is 12.9. The number of amides is 2. The highest BCUT2D eigenvalue weighted by Crippen LogP contribution is 2.41. The lowest BCUT2D eigenvalue weighted by Gasteiger charge is -2.38. The van der Waals surface area contributed by atoms with E-state index in [1.807, 2.05) is 61.6 Å². The third kappa shape index (κ3) is 6.65. The van der Waals surface area contributed by atoms with Crippen LogP contribution in [0.2, 0.25) is 0 Å². The smallest absolute Gasteiger partial charge is 0.407 e. The Bertz CT molecular complexity index is 1280. The van der Waals surface area contributed by atoms with Gasteiger partial charge in [-0.1, -0.05) is 91.0 Å². The van der Waals surface area contributed by atoms with Crippen LogP contribution in [0.15, 0.2) is 97.2 Å². The third-order valence-corrected chi connectivity index (χ3v) is 6.16. The molecule has 3 aromatic carbocycles. The maximum Gasteiger partial charge on any atom is 0.407 e. The summed E-state index contributed by atoms with van der Waals surface area (Å²) in [6.07, 6.45) is 1.14. The summed E-state index contributed by atoms with van der Waals surface area (Å²) in [5.74, 6) is 0.381. The van der Waals surface area contributed by atoms with Crippen molar-refractivity contribution in [3.8, 4) is 0 Å². The van der Waals surface area contributed by atoms with Crippen LogP contribution in [0.3, 0.4) is 0 Å². The van der Waals surface area contributed by atoms with Gasteiger partial charge in [0.05, 0.1) is 6.20 Å². The molecule has 0 unspecified atom stereocenters. The van der Waals surface area contributed by atoms with E-state index in [0.29, 0.717) is 11.5 Å². The number of alkyl carbamates (subject to hydrolysis) is 1. The largest absolute Gasteiger partial charge is 0.444 e. The minimum Gasteiger partial charge on any atom is -0.444 e. The van der Waals surface area contributed by atoms with Crippen LogP contribution >= 0.6 is 0 Å². The molecule has 0 aliphatic heterocycles. The van der Waals surface area contributed by atoms with E-state index in [0.717, 1.165) is 16.7 Å². The van der Waals surface area contributed by atoms with Crippen molar-refractivity contribution < 1.29 is 14.3 Å². The first-order valence-corrected chi connectivity index (χ1v) is 12.9. The molecule has 0 aliphatic carbocycles. The summed E-state index contributed by atoms with van der Waals surface area (Å²) in [6.45, 7) is 5.51. The van der Waals surface area contributed by atoms with Crippen molar-refractivity contribution >= 4 is 23.5 Å². The monoisotopic (exact) mass is 525 g/mol. The molecule has 3 N–H and O–H groups in total. The number of hydrogen-bond acceptors (Lipinski definition) is 5. The van der Waals surface area contributed by atoms with Crippen LogP contribution < -0.4 is 16.0 Å². The van der Waals surface area contributed by atoms with Gasteiger partial charge in [0, 0.05) is 20.0 Å². The van der Waals surface area contributed by atoms with Gasteiger partial charge in [0.15, 0.2) is 0 Å². The Morgan fingerprint density at radius 2 is 1.31 bits per heavy atom. The summed E-state index contributed by atoms with van der Waals surface area (Å²) < 4.78 is 6.94. The van der Waals surface area contributed by atoms with Crippen molar-refractivity contribution in [1.29, 1.82) is 0 Å². The second kappa shape index (κ2) is 11.9. The summed E-state index contributed by atoms with van der Waals surface area (Å²) in [7, 11) is 1.83. The minimum atomic E-state index is -0.782. The van der Waals surface area contributed by atoms with E-state index in [4.69, 9.17) is 4.74 Å². The van der Waals surface area contributed by atoms with Gasteiger partial charge in [-0.3, -0.25) is 9.48 Å². The van der Waals surface area contributed by atoms with E-state index in [1.54, 1.807) is 31.6 Å². The van der Waals surface area contributed by atoms with Crippen LogP contribution in [-0.2, 0) is 22.1 Å². The van der Waals surface area contributed by atoms with Crippen LogP contribution in [0, 0.1) is 0 Å². The molecule has 0 saturated heterocycles. The Morgan fingerprint density at radius 1 is 0.821 bits per heavy atom. The number of benzene rings is 3. The Labute approximate surface area is 229 Å². The average molecular weight is 526 g/mol. The number of rotatable bonds is 9. The first-order chi connectivity index (χ1) is 18.7. The van der Waals surface area contributed by atoms with Crippen molar-refractivity contribution in [2.45, 2.75) is 38.3 Å². The molecule has 0 saturated carbocycles. The number of carbonyl (C=O) groups is 2. The normalized spacial score (nSPS) is 11.5. The minimum absolute atomic E-state index is 0.0782. The molecule has 4 aromatic rings. The van der Waals surface area contributed by atoms with Crippen molar-refractivity contribution in [1.82, 2.24) is 15.1 Å². The predicted molar refractivity (Wildman–Crippen MR) is 154 cm³/mol. The highest BCUT2D eigenvalue weighted by atomic mass is 16.6. The highest BCUT2D eigenvalue weighted by Gasteiger charge is 2.37. The summed E-state index contributed by atoms with van der Waals surface area (Å²) >= 11 is 0. The van der Waals surface area contributed by atoms with E-state index in [2.05, 4.69) is 57.4 Å². The number of anilines is 2. The molecule has 0 fully saturated rings. The molecule has 0 spiro atoms. The second-order valence-corrected chi connectivity index (χ2v) is 10.2. The molecular formula is C31H35N5O3. The maximum absolute atomic E-state index is 12.8. The lowest BCUT2D eigenvalue weighted by molar-refractivity contribution is -0.116. The van der Waals surface area contributed by atoms with Gasteiger partial charge < -0.3 is 20.7 Å². The lowest BCUT2D eigenvalue weighted by atomic mass is 9.77. The van der Waals surface area contributed by atoms with E-state index in [1.165, 1.54) is 0 Å². The van der Waals surface area contributed by atoms with Gasteiger partial charge in [-0.05, 0) is 37.5 Å².